The van der Waals surface area contributed by atoms with E-state index in [1.54, 1.807) is 0 Å². The van der Waals surface area contributed by atoms with Gasteiger partial charge < -0.3 is 5.11 Å². The monoisotopic (exact) mass is 230 g/mol. The quantitative estimate of drug-likeness (QED) is 0.792. The molecular weight excluding hydrogens is 220 g/mol. The van der Waals surface area contributed by atoms with Gasteiger partial charge in [-0.1, -0.05) is 36.9 Å². The minimum Gasteiger partial charge on any atom is -0.478 e. The number of benzene rings is 1. The van der Waals surface area contributed by atoms with Crippen LogP contribution in [0.1, 0.15) is 0 Å². The van der Waals surface area contributed by atoms with E-state index in [4.69, 9.17) is 5.11 Å². The van der Waals surface area contributed by atoms with E-state index < -0.39 is 5.97 Å². The second kappa shape index (κ2) is 4.56. The maximum Gasteiger partial charge on any atom is 0.332 e. The number of aliphatic carboxylic acids is 1. The Labute approximate surface area is 97.2 Å². The molecule has 0 aliphatic carbocycles. The summed E-state index contributed by atoms with van der Waals surface area (Å²) >= 11 is 0. The maximum absolute atomic E-state index is 10.6. The zero-order valence-electron chi connectivity index (χ0n) is 8.95. The largest absolute Gasteiger partial charge is 0.478 e. The van der Waals surface area contributed by atoms with Crippen LogP contribution in [0.3, 0.4) is 0 Å². The van der Waals surface area contributed by atoms with Crippen molar-refractivity contribution in [1.82, 2.24) is 20.2 Å². The number of hydrogen-bond acceptors (Lipinski definition) is 4. The Balaban J connectivity index is 2.17. The molecule has 6 nitrogen and oxygen atoms in total. The first-order valence-electron chi connectivity index (χ1n) is 4.91. The Morgan fingerprint density at radius 1 is 1.35 bits per heavy atom. The smallest absolute Gasteiger partial charge is 0.332 e. The molecule has 2 rings (SSSR count). The van der Waals surface area contributed by atoms with Crippen LogP contribution in [0.25, 0.3) is 11.4 Å². The Morgan fingerprint density at radius 3 is 2.71 bits per heavy atom. The highest BCUT2D eigenvalue weighted by Crippen LogP contribution is 2.11. The van der Waals surface area contributed by atoms with Gasteiger partial charge in [0.2, 0.25) is 5.82 Å². The molecule has 0 amide bonds. The molecule has 0 spiro atoms. The first-order chi connectivity index (χ1) is 8.16. The van der Waals surface area contributed by atoms with Crippen LogP contribution in [-0.2, 0) is 11.3 Å². The molecule has 2 aromatic rings. The van der Waals surface area contributed by atoms with Crippen molar-refractivity contribution < 1.29 is 9.90 Å². The van der Waals surface area contributed by atoms with Crippen LogP contribution in [0, 0.1) is 0 Å². The first kappa shape index (κ1) is 11.0. The average molecular weight is 230 g/mol. The van der Waals surface area contributed by atoms with E-state index in [1.165, 1.54) is 4.80 Å². The molecule has 0 fully saturated rings. The van der Waals surface area contributed by atoms with Gasteiger partial charge in [-0.2, -0.15) is 4.80 Å². The summed E-state index contributed by atoms with van der Waals surface area (Å²) in [6.45, 7) is 3.43. The van der Waals surface area contributed by atoms with Gasteiger partial charge in [0.15, 0.2) is 0 Å². The number of tetrazole rings is 1. The fourth-order valence-corrected chi connectivity index (χ4v) is 1.25. The van der Waals surface area contributed by atoms with E-state index in [1.807, 2.05) is 30.3 Å². The highest BCUT2D eigenvalue weighted by molar-refractivity contribution is 5.85. The van der Waals surface area contributed by atoms with Crippen molar-refractivity contribution in [3.8, 4) is 11.4 Å². The van der Waals surface area contributed by atoms with Gasteiger partial charge in [-0.3, -0.25) is 0 Å². The lowest BCUT2D eigenvalue weighted by Gasteiger charge is -1.97. The molecule has 1 aromatic carbocycles. The third-order valence-corrected chi connectivity index (χ3v) is 2.12. The average Bonchev–Trinajstić information content (AvgIpc) is 2.78. The minimum atomic E-state index is -1.07. The number of carboxylic acids is 1. The van der Waals surface area contributed by atoms with Gasteiger partial charge in [-0.15, -0.1) is 10.2 Å². The molecular formula is C11H10N4O2. The summed E-state index contributed by atoms with van der Waals surface area (Å²) in [4.78, 5) is 11.8. The van der Waals surface area contributed by atoms with Gasteiger partial charge in [0.1, 0.15) is 0 Å². The molecule has 1 N–H and O–H groups in total. The molecule has 0 atom stereocenters. The Hall–Kier alpha value is -2.50. The Morgan fingerprint density at radius 2 is 2.06 bits per heavy atom. The van der Waals surface area contributed by atoms with Crippen molar-refractivity contribution in [2.45, 2.75) is 6.54 Å². The third kappa shape index (κ3) is 2.54. The van der Waals surface area contributed by atoms with Crippen LogP contribution in [0.5, 0.6) is 0 Å². The molecule has 17 heavy (non-hydrogen) atoms. The van der Waals surface area contributed by atoms with Gasteiger partial charge in [0.05, 0.1) is 12.1 Å². The summed E-state index contributed by atoms with van der Waals surface area (Å²) in [5, 5.41) is 20.4. The zero-order valence-corrected chi connectivity index (χ0v) is 8.95. The van der Waals surface area contributed by atoms with Crippen molar-refractivity contribution >= 4 is 5.97 Å². The van der Waals surface area contributed by atoms with E-state index in [-0.39, 0.29) is 12.1 Å². The van der Waals surface area contributed by atoms with Gasteiger partial charge in [0.25, 0.3) is 0 Å². The van der Waals surface area contributed by atoms with Crippen molar-refractivity contribution in [3.05, 3.63) is 42.5 Å². The fourth-order valence-electron chi connectivity index (χ4n) is 1.25. The van der Waals surface area contributed by atoms with E-state index in [2.05, 4.69) is 22.0 Å². The summed E-state index contributed by atoms with van der Waals surface area (Å²) in [6, 6.07) is 9.33. The van der Waals surface area contributed by atoms with Gasteiger partial charge in [0, 0.05) is 5.56 Å². The Kier molecular flexibility index (Phi) is 2.95. The molecule has 0 aliphatic heterocycles. The lowest BCUT2D eigenvalue weighted by molar-refractivity contribution is -0.132. The van der Waals surface area contributed by atoms with Gasteiger partial charge in [-0.05, 0) is 5.21 Å². The predicted molar refractivity (Wildman–Crippen MR) is 60.0 cm³/mol. The fraction of sp³-hybridized carbons (Fsp3) is 0.0909. The lowest BCUT2D eigenvalue weighted by atomic mass is 10.2. The molecule has 0 radical (unpaired) electrons. The summed E-state index contributed by atoms with van der Waals surface area (Å²) in [7, 11) is 0. The lowest BCUT2D eigenvalue weighted by Crippen LogP contribution is -2.10. The highest BCUT2D eigenvalue weighted by atomic mass is 16.4. The van der Waals surface area contributed by atoms with E-state index in [0.717, 1.165) is 5.56 Å². The highest BCUT2D eigenvalue weighted by Gasteiger charge is 2.09. The van der Waals surface area contributed by atoms with Gasteiger partial charge in [-0.25, -0.2) is 4.79 Å². The van der Waals surface area contributed by atoms with Crippen LogP contribution in [-0.4, -0.2) is 31.3 Å². The summed E-state index contributed by atoms with van der Waals surface area (Å²) in [5.41, 5.74) is 0.849. The molecule has 86 valence electrons. The van der Waals surface area contributed by atoms with Crippen LogP contribution >= 0.6 is 0 Å². The minimum absolute atomic E-state index is 0.0158. The van der Waals surface area contributed by atoms with Crippen LogP contribution in [0.2, 0.25) is 0 Å². The normalized spacial score (nSPS) is 10.1. The van der Waals surface area contributed by atoms with Crippen molar-refractivity contribution in [1.29, 1.82) is 0 Å². The van der Waals surface area contributed by atoms with Crippen molar-refractivity contribution in [3.63, 3.8) is 0 Å². The molecule has 1 heterocycles. The van der Waals surface area contributed by atoms with E-state index >= 15 is 0 Å². The number of hydrogen-bond donors (Lipinski definition) is 1. The molecule has 0 saturated carbocycles. The molecule has 1 aromatic heterocycles. The van der Waals surface area contributed by atoms with Crippen molar-refractivity contribution in [2.24, 2.45) is 0 Å². The predicted octanol–water partition coefficient (Wildman–Crippen LogP) is 0.981. The number of aromatic nitrogens is 4. The van der Waals surface area contributed by atoms with Crippen LogP contribution < -0.4 is 0 Å². The maximum atomic E-state index is 10.6. The number of nitrogens with zero attached hydrogens (tertiary/aromatic N) is 4. The Bertz CT molecular complexity index is 548. The molecule has 0 aliphatic rings. The summed E-state index contributed by atoms with van der Waals surface area (Å²) in [6.07, 6.45) is 0. The summed E-state index contributed by atoms with van der Waals surface area (Å²) < 4.78 is 0. The van der Waals surface area contributed by atoms with Crippen LogP contribution in [0.4, 0.5) is 0 Å². The third-order valence-electron chi connectivity index (χ3n) is 2.12. The number of carbonyl (C=O) groups is 1. The van der Waals surface area contributed by atoms with E-state index in [0.29, 0.717) is 5.82 Å². The van der Waals surface area contributed by atoms with Crippen LogP contribution in [0.15, 0.2) is 42.5 Å². The van der Waals surface area contributed by atoms with Gasteiger partial charge >= 0.3 is 5.97 Å². The molecule has 0 saturated heterocycles. The second-order valence-electron chi connectivity index (χ2n) is 3.42. The van der Waals surface area contributed by atoms with Crippen molar-refractivity contribution in [2.75, 3.05) is 0 Å². The zero-order chi connectivity index (χ0) is 12.3. The standard InChI is InChI=1S/C11H10N4O2/c1-8(11(16)17)7-15-13-10(12-14-15)9-5-3-2-4-6-9/h2-6H,1,7H2,(H,16,17). The number of rotatable bonds is 4. The van der Waals surface area contributed by atoms with E-state index in [9.17, 15) is 4.79 Å². The first-order valence-corrected chi connectivity index (χ1v) is 4.91. The SMILES string of the molecule is C=C(Cn1nnc(-c2ccccc2)n1)C(=O)O. The number of carboxylic acid groups (broad SMARTS) is 1. The topological polar surface area (TPSA) is 80.9 Å². The molecule has 6 heteroatoms. The summed E-state index contributed by atoms with van der Waals surface area (Å²) in [5.74, 6) is -0.604. The second-order valence-corrected chi connectivity index (χ2v) is 3.42. The molecule has 0 bridgehead atoms. The molecule has 0 unspecified atom stereocenters.